The molecule has 1 aliphatic carbocycles. The lowest BCUT2D eigenvalue weighted by Crippen LogP contribution is -2.45. The highest BCUT2D eigenvalue weighted by molar-refractivity contribution is 7.99. The maximum Gasteiger partial charge on any atom is 0.321 e. The molecule has 0 saturated heterocycles. The van der Waals surface area contributed by atoms with Gasteiger partial charge in [0, 0.05) is 12.6 Å². The van der Waals surface area contributed by atoms with E-state index in [1.807, 2.05) is 16.7 Å². The van der Waals surface area contributed by atoms with Gasteiger partial charge in [-0.2, -0.15) is 0 Å². The first-order valence-electron chi connectivity index (χ1n) is 11.8. The standard InChI is InChI=1S/C24H35N5O3S/c1-4-18-10-12-20(13-11-18)32-15-21-27-28-24(29(21)14-17(2)3)33-16-22(30)26-23(31)25-19-8-6-5-7-9-19/h10-13,17,19H,4-9,14-16H2,1-3H3,(H2,25,26,30,31). The summed E-state index contributed by atoms with van der Waals surface area (Å²) in [5.74, 6) is 1.61. The molecule has 33 heavy (non-hydrogen) atoms. The highest BCUT2D eigenvalue weighted by Gasteiger charge is 2.19. The first-order chi connectivity index (χ1) is 15.9. The van der Waals surface area contributed by atoms with Gasteiger partial charge in [0.1, 0.15) is 12.4 Å². The zero-order valence-corrected chi connectivity index (χ0v) is 20.6. The first-order valence-corrected chi connectivity index (χ1v) is 12.8. The summed E-state index contributed by atoms with van der Waals surface area (Å²) in [4.78, 5) is 24.4. The van der Waals surface area contributed by atoms with Gasteiger partial charge in [-0.15, -0.1) is 10.2 Å². The van der Waals surface area contributed by atoms with Gasteiger partial charge in [-0.3, -0.25) is 10.1 Å². The van der Waals surface area contributed by atoms with E-state index in [1.165, 1.54) is 23.7 Å². The molecule has 2 N–H and O–H groups in total. The summed E-state index contributed by atoms with van der Waals surface area (Å²) < 4.78 is 7.90. The number of urea groups is 1. The quantitative estimate of drug-likeness (QED) is 0.499. The number of nitrogens with zero attached hydrogens (tertiary/aromatic N) is 3. The summed E-state index contributed by atoms with van der Waals surface area (Å²) in [6, 6.07) is 7.77. The van der Waals surface area contributed by atoms with Crippen molar-refractivity contribution in [1.82, 2.24) is 25.4 Å². The van der Waals surface area contributed by atoms with Crippen molar-refractivity contribution in [1.29, 1.82) is 0 Å². The minimum atomic E-state index is -0.417. The van der Waals surface area contributed by atoms with Crippen LogP contribution in [0.5, 0.6) is 5.75 Å². The summed E-state index contributed by atoms with van der Waals surface area (Å²) in [5, 5.41) is 14.5. The van der Waals surface area contributed by atoms with Crippen molar-refractivity contribution in [2.45, 2.75) is 83.6 Å². The van der Waals surface area contributed by atoms with Gasteiger partial charge in [0.2, 0.25) is 5.91 Å². The van der Waals surface area contributed by atoms with Crippen LogP contribution in [0.1, 0.15) is 64.3 Å². The van der Waals surface area contributed by atoms with Gasteiger partial charge < -0.3 is 14.6 Å². The van der Waals surface area contributed by atoms with Crippen molar-refractivity contribution in [2.24, 2.45) is 5.92 Å². The fourth-order valence-electron chi connectivity index (χ4n) is 3.81. The third-order valence-electron chi connectivity index (χ3n) is 5.57. The number of hydrogen-bond acceptors (Lipinski definition) is 6. The number of thioether (sulfide) groups is 1. The summed E-state index contributed by atoms with van der Waals surface area (Å²) >= 11 is 1.27. The van der Waals surface area contributed by atoms with Crippen LogP contribution in [0.2, 0.25) is 0 Å². The average Bonchev–Trinajstić information content (AvgIpc) is 3.18. The lowest BCUT2D eigenvalue weighted by Gasteiger charge is -2.22. The van der Waals surface area contributed by atoms with E-state index in [1.54, 1.807) is 0 Å². The molecule has 2 aromatic rings. The van der Waals surface area contributed by atoms with Gasteiger partial charge in [-0.25, -0.2) is 4.79 Å². The van der Waals surface area contributed by atoms with Crippen LogP contribution in [0.15, 0.2) is 29.4 Å². The molecule has 1 aromatic heterocycles. The van der Waals surface area contributed by atoms with Crippen molar-refractivity contribution in [3.63, 3.8) is 0 Å². The summed E-state index contributed by atoms with van der Waals surface area (Å²) in [5.41, 5.74) is 1.26. The van der Waals surface area contributed by atoms with E-state index in [4.69, 9.17) is 4.74 Å². The second-order valence-corrected chi connectivity index (χ2v) is 9.78. The van der Waals surface area contributed by atoms with Crippen LogP contribution < -0.4 is 15.4 Å². The van der Waals surface area contributed by atoms with Gasteiger partial charge in [0.15, 0.2) is 11.0 Å². The Kier molecular flexibility index (Phi) is 9.60. The molecular formula is C24H35N5O3S. The van der Waals surface area contributed by atoms with Crippen LogP contribution in [-0.4, -0.2) is 38.5 Å². The number of amides is 3. The van der Waals surface area contributed by atoms with E-state index < -0.39 is 6.03 Å². The maximum atomic E-state index is 12.3. The van der Waals surface area contributed by atoms with Crippen LogP contribution in [0.3, 0.4) is 0 Å². The smallest absolute Gasteiger partial charge is 0.321 e. The molecule has 8 nitrogen and oxygen atoms in total. The summed E-state index contributed by atoms with van der Waals surface area (Å²) in [7, 11) is 0. The Labute approximate surface area is 200 Å². The van der Waals surface area contributed by atoms with Gasteiger partial charge in [0.05, 0.1) is 5.75 Å². The van der Waals surface area contributed by atoms with Crippen molar-refractivity contribution in [3.8, 4) is 5.75 Å². The number of nitrogens with one attached hydrogen (secondary N) is 2. The largest absolute Gasteiger partial charge is 0.486 e. The second-order valence-electron chi connectivity index (χ2n) is 8.83. The van der Waals surface area contributed by atoms with Crippen molar-refractivity contribution < 1.29 is 14.3 Å². The topological polar surface area (TPSA) is 98.1 Å². The van der Waals surface area contributed by atoms with Crippen LogP contribution in [0, 0.1) is 5.92 Å². The number of ether oxygens (including phenoxy) is 1. The number of hydrogen-bond donors (Lipinski definition) is 2. The Morgan fingerprint density at radius 3 is 2.55 bits per heavy atom. The van der Waals surface area contributed by atoms with Crippen LogP contribution in [0.4, 0.5) is 4.79 Å². The van der Waals surface area contributed by atoms with E-state index >= 15 is 0 Å². The Bertz CT molecular complexity index is 907. The average molecular weight is 474 g/mol. The summed E-state index contributed by atoms with van der Waals surface area (Å²) in [6.45, 7) is 7.36. The Hall–Kier alpha value is -2.55. The molecular weight excluding hydrogens is 438 g/mol. The molecule has 1 aliphatic rings. The number of aryl methyl sites for hydroxylation is 1. The highest BCUT2D eigenvalue weighted by Crippen LogP contribution is 2.21. The SMILES string of the molecule is CCc1ccc(OCc2nnc(SCC(=O)NC(=O)NC3CCCCC3)n2CC(C)C)cc1. The molecule has 9 heteroatoms. The Morgan fingerprint density at radius 2 is 1.88 bits per heavy atom. The van der Waals surface area contributed by atoms with Gasteiger partial charge >= 0.3 is 6.03 Å². The molecule has 1 heterocycles. The number of carbonyl (C=O) groups is 2. The summed E-state index contributed by atoms with van der Waals surface area (Å²) in [6.07, 6.45) is 6.39. The predicted octanol–water partition coefficient (Wildman–Crippen LogP) is 4.33. The molecule has 1 saturated carbocycles. The third kappa shape index (κ3) is 8.07. The van der Waals surface area contributed by atoms with Crippen molar-refractivity contribution in [3.05, 3.63) is 35.7 Å². The van der Waals surface area contributed by atoms with E-state index in [2.05, 4.69) is 53.7 Å². The highest BCUT2D eigenvalue weighted by atomic mass is 32.2. The molecule has 0 aliphatic heterocycles. The molecule has 0 unspecified atom stereocenters. The van der Waals surface area contributed by atoms with Crippen LogP contribution in [-0.2, 0) is 24.4 Å². The molecule has 1 fully saturated rings. The number of rotatable bonds is 10. The normalized spacial score (nSPS) is 14.3. The molecule has 0 bridgehead atoms. The number of benzene rings is 1. The molecule has 180 valence electrons. The predicted molar refractivity (Wildman–Crippen MR) is 129 cm³/mol. The van der Waals surface area contributed by atoms with Crippen molar-refractivity contribution >= 4 is 23.7 Å². The lowest BCUT2D eigenvalue weighted by atomic mass is 9.96. The van der Waals surface area contributed by atoms with E-state index in [9.17, 15) is 9.59 Å². The lowest BCUT2D eigenvalue weighted by molar-refractivity contribution is -0.117. The van der Waals surface area contributed by atoms with Gasteiger partial charge in [-0.05, 0) is 42.9 Å². The molecule has 1 aromatic carbocycles. The van der Waals surface area contributed by atoms with Crippen LogP contribution >= 0.6 is 11.8 Å². The fourth-order valence-corrected chi connectivity index (χ4v) is 4.58. The minimum Gasteiger partial charge on any atom is -0.486 e. The molecule has 0 radical (unpaired) electrons. The zero-order valence-electron chi connectivity index (χ0n) is 19.8. The zero-order chi connectivity index (χ0) is 23.6. The van der Waals surface area contributed by atoms with Gasteiger partial charge in [0.25, 0.3) is 0 Å². The second kappa shape index (κ2) is 12.6. The van der Waals surface area contributed by atoms with E-state index in [0.29, 0.717) is 30.1 Å². The van der Waals surface area contributed by atoms with Crippen molar-refractivity contribution in [2.75, 3.05) is 5.75 Å². The van der Waals surface area contributed by atoms with E-state index in [0.717, 1.165) is 37.9 Å². The Morgan fingerprint density at radius 1 is 1.15 bits per heavy atom. The minimum absolute atomic E-state index is 0.0909. The number of imide groups is 1. The maximum absolute atomic E-state index is 12.3. The monoisotopic (exact) mass is 473 g/mol. The molecule has 3 amide bonds. The number of aromatic nitrogens is 3. The molecule has 0 atom stereocenters. The Balaban J connectivity index is 1.53. The fraction of sp³-hybridized carbons (Fsp3) is 0.583. The molecule has 0 spiro atoms. The van der Waals surface area contributed by atoms with Gasteiger partial charge in [-0.1, -0.05) is 63.9 Å². The van der Waals surface area contributed by atoms with E-state index in [-0.39, 0.29) is 17.7 Å². The number of carbonyl (C=O) groups excluding carboxylic acids is 2. The first kappa shape index (κ1) is 25.1. The molecule has 3 rings (SSSR count). The van der Waals surface area contributed by atoms with Crippen LogP contribution in [0.25, 0.3) is 0 Å². The third-order valence-corrected chi connectivity index (χ3v) is 6.53.